The van der Waals surface area contributed by atoms with E-state index in [1.807, 2.05) is 53.9 Å². The third kappa shape index (κ3) is 5.32. The zero-order valence-corrected chi connectivity index (χ0v) is 18.3. The number of aromatic nitrogens is 1. The molecule has 0 saturated heterocycles. The number of hydrogen-bond donors (Lipinski definition) is 0. The second-order valence-corrected chi connectivity index (χ2v) is 8.73. The average Bonchev–Trinajstić information content (AvgIpc) is 3.34. The highest BCUT2D eigenvalue weighted by molar-refractivity contribution is 7.99. The zero-order chi connectivity index (χ0) is 21.5. The van der Waals surface area contributed by atoms with Crippen molar-refractivity contribution in [3.63, 3.8) is 0 Å². The van der Waals surface area contributed by atoms with Gasteiger partial charge in [0.15, 0.2) is 0 Å². The van der Waals surface area contributed by atoms with Gasteiger partial charge in [0.1, 0.15) is 22.7 Å². The van der Waals surface area contributed by atoms with Crippen molar-refractivity contribution in [2.75, 3.05) is 12.4 Å². The van der Waals surface area contributed by atoms with E-state index in [4.69, 9.17) is 9.72 Å². The maximum atomic E-state index is 13.4. The average molecular weight is 447 g/mol. The highest BCUT2D eigenvalue weighted by Gasteiger charge is 2.16. The van der Waals surface area contributed by atoms with Crippen molar-refractivity contribution in [3.8, 4) is 33.5 Å². The molecule has 2 aromatic heterocycles. The first-order valence-corrected chi connectivity index (χ1v) is 11.7. The molecule has 0 bridgehead atoms. The summed E-state index contributed by atoms with van der Waals surface area (Å²) in [6.45, 7) is 0.592. The van der Waals surface area contributed by atoms with E-state index in [1.54, 1.807) is 35.2 Å². The second-order valence-electron chi connectivity index (χ2n) is 6.69. The molecule has 0 N–H and O–H groups in total. The maximum Gasteiger partial charge on any atom is 0.123 e. The zero-order valence-electron chi connectivity index (χ0n) is 16.6. The first-order valence-electron chi connectivity index (χ1n) is 9.80. The minimum Gasteiger partial charge on any atom is -0.494 e. The molecular weight excluding hydrogens is 427 g/mol. The molecule has 3 nitrogen and oxygen atoms in total. The molecule has 4 aromatic rings. The van der Waals surface area contributed by atoms with Crippen LogP contribution in [-0.4, -0.2) is 17.3 Å². The van der Waals surface area contributed by atoms with Crippen LogP contribution < -0.4 is 4.74 Å². The van der Waals surface area contributed by atoms with Crippen LogP contribution >= 0.6 is 23.1 Å². The van der Waals surface area contributed by atoms with Crippen LogP contribution in [0.5, 0.6) is 5.75 Å². The Morgan fingerprint density at radius 1 is 1.03 bits per heavy atom. The van der Waals surface area contributed by atoms with E-state index in [2.05, 4.69) is 6.07 Å². The van der Waals surface area contributed by atoms with Crippen molar-refractivity contribution in [2.45, 2.75) is 11.4 Å². The Labute approximate surface area is 189 Å². The van der Waals surface area contributed by atoms with Gasteiger partial charge in [-0.1, -0.05) is 36.4 Å². The largest absolute Gasteiger partial charge is 0.494 e. The lowest BCUT2D eigenvalue weighted by atomic mass is 10.0. The SMILES string of the molecule is N#Cc1c(-c2ccc(F)cc2)cc(-c2cccs2)nc1SCCCOc1ccccc1. The Kier molecular flexibility index (Phi) is 6.98. The van der Waals surface area contributed by atoms with Gasteiger partial charge in [-0.05, 0) is 53.8 Å². The summed E-state index contributed by atoms with van der Waals surface area (Å²) in [6.07, 6.45) is 0.821. The minimum absolute atomic E-state index is 0.303. The normalized spacial score (nSPS) is 10.6. The number of nitrogens with zero attached hydrogens (tertiary/aromatic N) is 2. The molecule has 0 amide bonds. The molecule has 4 rings (SSSR count). The molecule has 2 heterocycles. The molecule has 31 heavy (non-hydrogen) atoms. The fourth-order valence-electron chi connectivity index (χ4n) is 3.08. The predicted molar refractivity (Wildman–Crippen MR) is 125 cm³/mol. The summed E-state index contributed by atoms with van der Waals surface area (Å²) in [6, 6.07) is 24.2. The van der Waals surface area contributed by atoms with E-state index in [0.717, 1.165) is 39.6 Å². The number of benzene rings is 2. The summed E-state index contributed by atoms with van der Waals surface area (Å²) in [7, 11) is 0. The van der Waals surface area contributed by atoms with Crippen LogP contribution in [0.1, 0.15) is 12.0 Å². The fraction of sp³-hybridized carbons (Fsp3) is 0.120. The third-order valence-corrected chi connectivity index (χ3v) is 6.52. The number of nitriles is 1. The Morgan fingerprint density at radius 3 is 2.55 bits per heavy atom. The van der Waals surface area contributed by atoms with E-state index in [1.165, 1.54) is 12.1 Å². The van der Waals surface area contributed by atoms with Crippen LogP contribution in [0.25, 0.3) is 21.7 Å². The molecule has 0 radical (unpaired) electrons. The van der Waals surface area contributed by atoms with E-state index >= 15 is 0 Å². The smallest absolute Gasteiger partial charge is 0.123 e. The number of thioether (sulfide) groups is 1. The van der Waals surface area contributed by atoms with E-state index in [-0.39, 0.29) is 5.82 Å². The van der Waals surface area contributed by atoms with Gasteiger partial charge < -0.3 is 4.74 Å². The van der Waals surface area contributed by atoms with Crippen LogP contribution in [-0.2, 0) is 0 Å². The number of rotatable bonds is 8. The Hall–Kier alpha value is -3.14. The molecular formula is C25H19FN2OS2. The highest BCUT2D eigenvalue weighted by atomic mass is 32.2. The lowest BCUT2D eigenvalue weighted by Gasteiger charge is -2.12. The van der Waals surface area contributed by atoms with Gasteiger partial charge in [-0.3, -0.25) is 0 Å². The molecule has 0 atom stereocenters. The molecule has 0 fully saturated rings. The lowest BCUT2D eigenvalue weighted by molar-refractivity contribution is 0.318. The first kappa shape index (κ1) is 21.1. The first-order chi connectivity index (χ1) is 15.2. The van der Waals surface area contributed by atoms with E-state index < -0.39 is 0 Å². The molecule has 154 valence electrons. The van der Waals surface area contributed by atoms with Gasteiger partial charge in [0.05, 0.1) is 22.7 Å². The van der Waals surface area contributed by atoms with Crippen molar-refractivity contribution in [1.82, 2.24) is 4.98 Å². The summed E-state index contributed by atoms with van der Waals surface area (Å²) in [5.74, 6) is 1.31. The van der Waals surface area contributed by atoms with Crippen LogP contribution in [0.2, 0.25) is 0 Å². The van der Waals surface area contributed by atoms with Crippen LogP contribution in [0.3, 0.4) is 0 Å². The van der Waals surface area contributed by atoms with Crippen molar-refractivity contribution in [3.05, 3.63) is 89.6 Å². The van der Waals surface area contributed by atoms with E-state index in [0.29, 0.717) is 17.2 Å². The summed E-state index contributed by atoms with van der Waals surface area (Å²) < 4.78 is 19.2. The lowest BCUT2D eigenvalue weighted by Crippen LogP contribution is -2.00. The molecule has 0 aliphatic rings. The quantitative estimate of drug-likeness (QED) is 0.215. The topological polar surface area (TPSA) is 45.9 Å². The fourth-order valence-corrected chi connectivity index (χ4v) is 4.68. The Morgan fingerprint density at radius 2 is 1.84 bits per heavy atom. The van der Waals surface area contributed by atoms with Gasteiger partial charge in [0, 0.05) is 11.3 Å². The number of ether oxygens (including phenoxy) is 1. The monoisotopic (exact) mass is 446 g/mol. The molecule has 0 saturated carbocycles. The van der Waals surface area contributed by atoms with Gasteiger partial charge in [-0.15, -0.1) is 23.1 Å². The van der Waals surface area contributed by atoms with Crippen molar-refractivity contribution >= 4 is 23.1 Å². The van der Waals surface area contributed by atoms with Gasteiger partial charge in [-0.2, -0.15) is 5.26 Å². The maximum absolute atomic E-state index is 13.4. The highest BCUT2D eigenvalue weighted by Crippen LogP contribution is 2.35. The van der Waals surface area contributed by atoms with Crippen molar-refractivity contribution in [2.24, 2.45) is 0 Å². The number of halogens is 1. The number of para-hydroxylation sites is 1. The second kappa shape index (κ2) is 10.3. The molecule has 0 unspecified atom stereocenters. The molecule has 0 spiro atoms. The van der Waals surface area contributed by atoms with Crippen LogP contribution in [0.4, 0.5) is 4.39 Å². The van der Waals surface area contributed by atoms with Crippen LogP contribution in [0, 0.1) is 17.1 Å². The predicted octanol–water partition coefficient (Wildman–Crippen LogP) is 7.05. The van der Waals surface area contributed by atoms with Crippen molar-refractivity contribution in [1.29, 1.82) is 5.26 Å². The number of pyridine rings is 1. The summed E-state index contributed by atoms with van der Waals surface area (Å²) in [5.41, 5.74) is 2.90. The summed E-state index contributed by atoms with van der Waals surface area (Å²) in [5, 5.41) is 12.6. The Balaban J connectivity index is 1.56. The summed E-state index contributed by atoms with van der Waals surface area (Å²) >= 11 is 3.15. The standard InChI is InChI=1S/C25H19FN2OS2/c26-19-11-9-18(10-12-19)21-16-23(24-8-4-14-30-24)28-25(22(21)17-27)31-15-5-13-29-20-6-2-1-3-7-20/h1-4,6-12,14,16H,5,13,15H2. The van der Waals surface area contributed by atoms with E-state index in [9.17, 15) is 9.65 Å². The van der Waals surface area contributed by atoms with Gasteiger partial charge in [-0.25, -0.2) is 9.37 Å². The van der Waals surface area contributed by atoms with Crippen LogP contribution in [0.15, 0.2) is 83.2 Å². The number of thiophene rings is 1. The van der Waals surface area contributed by atoms with Gasteiger partial charge in [0.2, 0.25) is 0 Å². The Bertz CT molecular complexity index is 1170. The van der Waals surface area contributed by atoms with Gasteiger partial charge >= 0.3 is 0 Å². The number of hydrogen-bond acceptors (Lipinski definition) is 5. The molecule has 6 heteroatoms. The van der Waals surface area contributed by atoms with Gasteiger partial charge in [0.25, 0.3) is 0 Å². The molecule has 2 aromatic carbocycles. The molecule has 0 aliphatic carbocycles. The van der Waals surface area contributed by atoms with Crippen molar-refractivity contribution < 1.29 is 9.13 Å². The molecule has 0 aliphatic heterocycles. The third-order valence-electron chi connectivity index (χ3n) is 4.57. The minimum atomic E-state index is -0.303. The summed E-state index contributed by atoms with van der Waals surface area (Å²) in [4.78, 5) is 5.81.